The molecular formula is C12H24ClNO. The third-order valence-corrected chi connectivity index (χ3v) is 3.70. The lowest BCUT2D eigenvalue weighted by molar-refractivity contribution is 0.0819. The fourth-order valence-electron chi connectivity index (χ4n) is 2.22. The SMILES string of the molecule is CC(CCCl)CCN(C)C1CCOC1C. The van der Waals surface area contributed by atoms with Gasteiger partial charge in [-0.2, -0.15) is 0 Å². The van der Waals surface area contributed by atoms with E-state index in [9.17, 15) is 0 Å². The minimum absolute atomic E-state index is 0.401. The zero-order chi connectivity index (χ0) is 11.3. The van der Waals surface area contributed by atoms with Gasteiger partial charge in [-0.25, -0.2) is 0 Å². The number of rotatable bonds is 6. The molecule has 0 aromatic carbocycles. The van der Waals surface area contributed by atoms with Gasteiger partial charge in [0.2, 0.25) is 0 Å². The number of ether oxygens (including phenoxy) is 1. The molecule has 3 heteroatoms. The summed E-state index contributed by atoms with van der Waals surface area (Å²) < 4.78 is 5.58. The van der Waals surface area contributed by atoms with Crippen molar-refractivity contribution in [1.29, 1.82) is 0 Å². The second-order valence-corrected chi connectivity index (χ2v) is 5.16. The lowest BCUT2D eigenvalue weighted by Gasteiger charge is -2.27. The molecule has 0 aliphatic carbocycles. The Balaban J connectivity index is 2.20. The summed E-state index contributed by atoms with van der Waals surface area (Å²) in [7, 11) is 2.21. The molecule has 0 bridgehead atoms. The van der Waals surface area contributed by atoms with E-state index in [0.29, 0.717) is 12.1 Å². The number of nitrogens with zero attached hydrogens (tertiary/aromatic N) is 1. The van der Waals surface area contributed by atoms with Crippen LogP contribution in [0, 0.1) is 5.92 Å². The highest BCUT2D eigenvalue weighted by Crippen LogP contribution is 2.19. The van der Waals surface area contributed by atoms with E-state index < -0.39 is 0 Å². The maximum absolute atomic E-state index is 5.73. The molecule has 1 fully saturated rings. The Kier molecular flexibility index (Phi) is 5.95. The topological polar surface area (TPSA) is 12.5 Å². The Morgan fingerprint density at radius 2 is 2.20 bits per heavy atom. The summed E-state index contributed by atoms with van der Waals surface area (Å²) in [5.74, 6) is 1.52. The summed E-state index contributed by atoms with van der Waals surface area (Å²) in [5.41, 5.74) is 0. The Labute approximate surface area is 98.9 Å². The van der Waals surface area contributed by atoms with Gasteiger partial charge in [0.15, 0.2) is 0 Å². The summed E-state index contributed by atoms with van der Waals surface area (Å²) in [4.78, 5) is 2.45. The molecule has 3 unspecified atom stereocenters. The van der Waals surface area contributed by atoms with Gasteiger partial charge < -0.3 is 9.64 Å². The standard InChI is InChI=1S/C12H24ClNO/c1-10(4-7-13)5-8-14(3)12-6-9-15-11(12)2/h10-12H,4-9H2,1-3H3. The van der Waals surface area contributed by atoms with Gasteiger partial charge in [0.1, 0.15) is 0 Å². The van der Waals surface area contributed by atoms with E-state index in [1.807, 2.05) is 0 Å². The third kappa shape index (κ3) is 4.29. The molecule has 0 N–H and O–H groups in total. The van der Waals surface area contributed by atoms with Gasteiger partial charge in [-0.1, -0.05) is 6.92 Å². The van der Waals surface area contributed by atoms with Crippen LogP contribution in [-0.4, -0.2) is 43.1 Å². The fraction of sp³-hybridized carbons (Fsp3) is 1.00. The lowest BCUT2D eigenvalue weighted by atomic mass is 10.0. The molecule has 2 nitrogen and oxygen atoms in total. The van der Waals surface area contributed by atoms with Crippen molar-refractivity contribution in [3.63, 3.8) is 0 Å². The summed E-state index contributed by atoms with van der Waals surface area (Å²) in [6.07, 6.45) is 3.96. The first-order valence-electron chi connectivity index (χ1n) is 6.03. The molecule has 15 heavy (non-hydrogen) atoms. The lowest BCUT2D eigenvalue weighted by Crippen LogP contribution is -2.37. The van der Waals surface area contributed by atoms with Gasteiger partial charge >= 0.3 is 0 Å². The molecule has 1 aliphatic rings. The minimum atomic E-state index is 0.401. The predicted octanol–water partition coefficient (Wildman–Crippen LogP) is 2.75. The van der Waals surface area contributed by atoms with Crippen LogP contribution in [0.3, 0.4) is 0 Å². The van der Waals surface area contributed by atoms with Crippen LogP contribution in [0.25, 0.3) is 0 Å². The summed E-state index contributed by atoms with van der Waals surface area (Å²) in [6.45, 7) is 6.55. The van der Waals surface area contributed by atoms with Crippen LogP contribution in [-0.2, 0) is 4.74 Å². The monoisotopic (exact) mass is 233 g/mol. The largest absolute Gasteiger partial charge is 0.377 e. The summed E-state index contributed by atoms with van der Waals surface area (Å²) >= 11 is 5.73. The van der Waals surface area contributed by atoms with Crippen molar-refractivity contribution in [1.82, 2.24) is 4.90 Å². The predicted molar refractivity (Wildman–Crippen MR) is 65.6 cm³/mol. The third-order valence-electron chi connectivity index (χ3n) is 3.48. The van der Waals surface area contributed by atoms with Crippen LogP contribution in [0.2, 0.25) is 0 Å². The van der Waals surface area contributed by atoms with E-state index in [4.69, 9.17) is 16.3 Å². The van der Waals surface area contributed by atoms with E-state index in [1.54, 1.807) is 0 Å². The average Bonchev–Trinajstić information content (AvgIpc) is 2.61. The van der Waals surface area contributed by atoms with Crippen LogP contribution >= 0.6 is 11.6 Å². The van der Waals surface area contributed by atoms with Crippen LogP contribution in [0.1, 0.15) is 33.1 Å². The van der Waals surface area contributed by atoms with Gasteiger partial charge in [-0.3, -0.25) is 0 Å². The van der Waals surface area contributed by atoms with Crippen molar-refractivity contribution in [2.45, 2.75) is 45.3 Å². The molecule has 0 radical (unpaired) electrons. The molecule has 0 amide bonds. The molecule has 0 spiro atoms. The highest BCUT2D eigenvalue weighted by molar-refractivity contribution is 6.17. The van der Waals surface area contributed by atoms with E-state index in [2.05, 4.69) is 25.8 Å². The van der Waals surface area contributed by atoms with E-state index in [-0.39, 0.29) is 0 Å². The van der Waals surface area contributed by atoms with Crippen molar-refractivity contribution in [2.24, 2.45) is 5.92 Å². The van der Waals surface area contributed by atoms with Crippen molar-refractivity contribution >= 4 is 11.6 Å². The van der Waals surface area contributed by atoms with Crippen molar-refractivity contribution in [3.8, 4) is 0 Å². The molecule has 1 aliphatic heterocycles. The zero-order valence-corrected chi connectivity index (χ0v) is 11.0. The Hall–Kier alpha value is 0.210. The van der Waals surface area contributed by atoms with E-state index in [1.165, 1.54) is 12.8 Å². The number of likely N-dealkylation sites (N-methyl/N-ethyl adjacent to an activating group) is 1. The molecule has 0 saturated carbocycles. The molecule has 1 rings (SSSR count). The first-order chi connectivity index (χ1) is 7.15. The summed E-state index contributed by atoms with van der Waals surface area (Å²) in [6, 6.07) is 0.619. The summed E-state index contributed by atoms with van der Waals surface area (Å²) in [5, 5.41) is 0. The van der Waals surface area contributed by atoms with Crippen LogP contribution in [0.4, 0.5) is 0 Å². The van der Waals surface area contributed by atoms with Crippen LogP contribution in [0.15, 0.2) is 0 Å². The normalized spacial score (nSPS) is 28.6. The maximum atomic E-state index is 5.73. The molecule has 1 saturated heterocycles. The van der Waals surface area contributed by atoms with Gasteiger partial charge in [0.05, 0.1) is 6.10 Å². The Morgan fingerprint density at radius 1 is 1.47 bits per heavy atom. The second-order valence-electron chi connectivity index (χ2n) is 4.78. The first kappa shape index (κ1) is 13.3. The maximum Gasteiger partial charge on any atom is 0.0702 e. The zero-order valence-electron chi connectivity index (χ0n) is 10.2. The van der Waals surface area contributed by atoms with Crippen molar-refractivity contribution < 1.29 is 4.74 Å². The number of hydrogen-bond donors (Lipinski definition) is 0. The van der Waals surface area contributed by atoms with Crippen molar-refractivity contribution in [3.05, 3.63) is 0 Å². The number of halogens is 1. The van der Waals surface area contributed by atoms with Gasteiger partial charge in [-0.05, 0) is 45.7 Å². The van der Waals surface area contributed by atoms with Gasteiger partial charge in [0, 0.05) is 18.5 Å². The minimum Gasteiger partial charge on any atom is -0.377 e. The smallest absolute Gasteiger partial charge is 0.0702 e. The van der Waals surface area contributed by atoms with Gasteiger partial charge in [0.25, 0.3) is 0 Å². The number of hydrogen-bond acceptors (Lipinski definition) is 2. The highest BCUT2D eigenvalue weighted by atomic mass is 35.5. The molecule has 3 atom stereocenters. The van der Waals surface area contributed by atoms with E-state index in [0.717, 1.165) is 31.4 Å². The van der Waals surface area contributed by atoms with Gasteiger partial charge in [-0.15, -0.1) is 11.6 Å². The van der Waals surface area contributed by atoms with Crippen LogP contribution in [0.5, 0.6) is 0 Å². The molecular weight excluding hydrogens is 210 g/mol. The second kappa shape index (κ2) is 6.72. The molecule has 0 aromatic heterocycles. The van der Waals surface area contributed by atoms with Crippen molar-refractivity contribution in [2.75, 3.05) is 26.1 Å². The van der Waals surface area contributed by atoms with E-state index >= 15 is 0 Å². The molecule has 1 heterocycles. The number of alkyl halides is 1. The fourth-order valence-corrected chi connectivity index (χ4v) is 2.59. The Morgan fingerprint density at radius 3 is 2.73 bits per heavy atom. The first-order valence-corrected chi connectivity index (χ1v) is 6.56. The quantitative estimate of drug-likeness (QED) is 0.655. The average molecular weight is 234 g/mol. The highest BCUT2D eigenvalue weighted by Gasteiger charge is 2.27. The molecule has 90 valence electrons. The Bertz CT molecular complexity index is 177. The molecule has 0 aromatic rings. The van der Waals surface area contributed by atoms with Crippen LogP contribution < -0.4 is 0 Å².